The predicted molar refractivity (Wildman–Crippen MR) is 112 cm³/mol. The van der Waals surface area contributed by atoms with Crippen LogP contribution in [0.4, 0.5) is 5.69 Å². The number of aryl methyl sites for hydroxylation is 2. The van der Waals surface area contributed by atoms with Crippen LogP contribution in [-0.4, -0.2) is 34.8 Å². The second-order valence-corrected chi connectivity index (χ2v) is 7.54. The van der Waals surface area contributed by atoms with Gasteiger partial charge < -0.3 is 10.2 Å². The Balaban J connectivity index is 1.81. The van der Waals surface area contributed by atoms with Gasteiger partial charge in [0.1, 0.15) is 5.69 Å². The molecule has 1 aromatic heterocycles. The van der Waals surface area contributed by atoms with Gasteiger partial charge in [-0.1, -0.05) is 39.0 Å². The number of carbonyl (C=O) groups is 2. The second kappa shape index (κ2) is 9.00. The van der Waals surface area contributed by atoms with Gasteiger partial charge in [0.25, 0.3) is 11.8 Å². The van der Waals surface area contributed by atoms with Crippen molar-refractivity contribution in [2.24, 2.45) is 5.92 Å². The fraction of sp³-hybridized carbons (Fsp3) is 0.435. The molecule has 0 bridgehead atoms. The molecule has 1 unspecified atom stereocenters. The SMILES string of the molecule is CCc1cccc(CC)c1NC(=O)c1cc(C(=O)N2CCCC(C)C2)ccn1. The zero-order valence-corrected chi connectivity index (χ0v) is 17.0. The topological polar surface area (TPSA) is 62.3 Å². The van der Waals surface area contributed by atoms with Gasteiger partial charge in [0.15, 0.2) is 0 Å². The maximum Gasteiger partial charge on any atom is 0.274 e. The summed E-state index contributed by atoms with van der Waals surface area (Å²) < 4.78 is 0. The lowest BCUT2D eigenvalue weighted by atomic mass is 9.99. The fourth-order valence-corrected chi connectivity index (χ4v) is 3.82. The van der Waals surface area contributed by atoms with E-state index in [1.807, 2.05) is 23.1 Å². The van der Waals surface area contributed by atoms with Crippen LogP contribution >= 0.6 is 0 Å². The Hall–Kier alpha value is -2.69. The molecule has 28 heavy (non-hydrogen) atoms. The first-order valence-electron chi connectivity index (χ1n) is 10.2. The summed E-state index contributed by atoms with van der Waals surface area (Å²) in [4.78, 5) is 31.8. The minimum atomic E-state index is -0.280. The van der Waals surface area contributed by atoms with Crippen molar-refractivity contribution in [2.45, 2.75) is 46.5 Å². The molecule has 1 atom stereocenters. The van der Waals surface area contributed by atoms with Crippen molar-refractivity contribution >= 4 is 17.5 Å². The van der Waals surface area contributed by atoms with Gasteiger partial charge in [0.05, 0.1) is 0 Å². The van der Waals surface area contributed by atoms with E-state index < -0.39 is 0 Å². The molecule has 1 saturated heterocycles. The van der Waals surface area contributed by atoms with Crippen molar-refractivity contribution in [3.05, 3.63) is 58.9 Å². The van der Waals surface area contributed by atoms with Crippen molar-refractivity contribution in [2.75, 3.05) is 18.4 Å². The normalized spacial score (nSPS) is 16.7. The molecule has 1 aliphatic rings. The number of nitrogens with zero attached hydrogens (tertiary/aromatic N) is 2. The highest BCUT2D eigenvalue weighted by Crippen LogP contribution is 2.23. The average Bonchev–Trinajstić information content (AvgIpc) is 2.73. The van der Waals surface area contributed by atoms with E-state index in [9.17, 15) is 9.59 Å². The highest BCUT2D eigenvalue weighted by molar-refractivity contribution is 6.05. The largest absolute Gasteiger partial charge is 0.338 e. The Kier molecular flexibility index (Phi) is 6.45. The smallest absolute Gasteiger partial charge is 0.274 e. The van der Waals surface area contributed by atoms with Gasteiger partial charge in [0, 0.05) is 30.5 Å². The number of piperidine rings is 1. The van der Waals surface area contributed by atoms with E-state index >= 15 is 0 Å². The van der Waals surface area contributed by atoms with Crippen molar-refractivity contribution in [3.8, 4) is 0 Å². The molecular formula is C23H29N3O2. The summed E-state index contributed by atoms with van der Waals surface area (Å²) >= 11 is 0. The minimum Gasteiger partial charge on any atom is -0.338 e. The number of pyridine rings is 1. The van der Waals surface area contributed by atoms with Crippen LogP contribution < -0.4 is 5.32 Å². The zero-order chi connectivity index (χ0) is 20.1. The molecule has 1 aromatic carbocycles. The van der Waals surface area contributed by atoms with Gasteiger partial charge >= 0.3 is 0 Å². The van der Waals surface area contributed by atoms with Crippen molar-refractivity contribution in [1.82, 2.24) is 9.88 Å². The molecule has 5 heteroatoms. The first-order valence-corrected chi connectivity index (χ1v) is 10.2. The fourth-order valence-electron chi connectivity index (χ4n) is 3.82. The van der Waals surface area contributed by atoms with Gasteiger partial charge in [0.2, 0.25) is 0 Å². The lowest BCUT2D eigenvalue weighted by molar-refractivity contribution is 0.0683. The molecular weight excluding hydrogens is 350 g/mol. The number of benzene rings is 1. The summed E-state index contributed by atoms with van der Waals surface area (Å²) in [6.45, 7) is 7.85. The van der Waals surface area contributed by atoms with Crippen molar-refractivity contribution in [3.63, 3.8) is 0 Å². The number of hydrogen-bond acceptors (Lipinski definition) is 3. The Bertz CT molecular complexity index is 840. The minimum absolute atomic E-state index is 0.0220. The lowest BCUT2D eigenvalue weighted by Crippen LogP contribution is -2.39. The summed E-state index contributed by atoms with van der Waals surface area (Å²) in [7, 11) is 0. The first kappa shape index (κ1) is 20.1. The van der Waals surface area contributed by atoms with Crippen LogP contribution in [0.1, 0.15) is 65.6 Å². The summed E-state index contributed by atoms with van der Waals surface area (Å²) in [6.07, 6.45) is 5.40. The molecule has 3 rings (SSSR count). The molecule has 0 radical (unpaired) electrons. The van der Waals surface area contributed by atoms with E-state index in [0.29, 0.717) is 11.5 Å². The summed E-state index contributed by atoms with van der Waals surface area (Å²) in [5, 5.41) is 3.02. The summed E-state index contributed by atoms with van der Waals surface area (Å²) in [5.41, 5.74) is 3.85. The van der Waals surface area contributed by atoms with E-state index in [0.717, 1.165) is 55.6 Å². The molecule has 1 aliphatic heterocycles. The maximum atomic E-state index is 12.9. The molecule has 2 heterocycles. The zero-order valence-electron chi connectivity index (χ0n) is 17.0. The lowest BCUT2D eigenvalue weighted by Gasteiger charge is -2.31. The van der Waals surface area contributed by atoms with E-state index in [1.165, 1.54) is 0 Å². The van der Waals surface area contributed by atoms with Crippen LogP contribution in [0, 0.1) is 5.92 Å². The summed E-state index contributed by atoms with van der Waals surface area (Å²) in [5.74, 6) is 0.212. The number of carbonyl (C=O) groups excluding carboxylic acids is 2. The van der Waals surface area contributed by atoms with E-state index in [4.69, 9.17) is 0 Å². The number of hydrogen-bond donors (Lipinski definition) is 1. The van der Waals surface area contributed by atoms with Crippen LogP contribution in [0.5, 0.6) is 0 Å². The number of amides is 2. The van der Waals surface area contributed by atoms with E-state index in [-0.39, 0.29) is 17.5 Å². The number of likely N-dealkylation sites (tertiary alicyclic amines) is 1. The molecule has 0 saturated carbocycles. The van der Waals surface area contributed by atoms with Crippen LogP contribution in [0.15, 0.2) is 36.5 Å². The Morgan fingerprint density at radius 1 is 1.18 bits per heavy atom. The number of anilines is 1. The quantitative estimate of drug-likeness (QED) is 0.841. The van der Waals surface area contributed by atoms with Gasteiger partial charge in [-0.2, -0.15) is 0 Å². The molecule has 0 spiro atoms. The van der Waals surface area contributed by atoms with Crippen LogP contribution in [0.2, 0.25) is 0 Å². The highest BCUT2D eigenvalue weighted by Gasteiger charge is 2.23. The monoisotopic (exact) mass is 379 g/mol. The van der Waals surface area contributed by atoms with Crippen molar-refractivity contribution in [1.29, 1.82) is 0 Å². The molecule has 148 valence electrons. The first-order chi connectivity index (χ1) is 13.5. The average molecular weight is 380 g/mol. The van der Waals surface area contributed by atoms with Crippen LogP contribution in [-0.2, 0) is 12.8 Å². The number of nitrogens with one attached hydrogen (secondary N) is 1. The Morgan fingerprint density at radius 2 is 1.89 bits per heavy atom. The van der Waals surface area contributed by atoms with Crippen LogP contribution in [0.25, 0.3) is 0 Å². The van der Waals surface area contributed by atoms with E-state index in [1.54, 1.807) is 18.3 Å². The standard InChI is InChI=1S/C23H29N3O2/c1-4-17-9-6-10-18(5-2)21(17)25-22(27)20-14-19(11-12-24-20)23(28)26-13-7-8-16(3)15-26/h6,9-12,14,16H,4-5,7-8,13,15H2,1-3H3,(H,25,27). The Morgan fingerprint density at radius 3 is 2.54 bits per heavy atom. The highest BCUT2D eigenvalue weighted by atomic mass is 16.2. The molecule has 1 N–H and O–H groups in total. The summed E-state index contributed by atoms with van der Waals surface area (Å²) in [6, 6.07) is 9.37. The van der Waals surface area contributed by atoms with Gasteiger partial charge in [-0.05, 0) is 54.9 Å². The molecule has 0 aliphatic carbocycles. The van der Waals surface area contributed by atoms with Gasteiger partial charge in [-0.15, -0.1) is 0 Å². The second-order valence-electron chi connectivity index (χ2n) is 7.54. The van der Waals surface area contributed by atoms with E-state index in [2.05, 4.69) is 31.1 Å². The Labute approximate surface area is 167 Å². The van der Waals surface area contributed by atoms with Crippen molar-refractivity contribution < 1.29 is 9.59 Å². The maximum absolute atomic E-state index is 12.9. The predicted octanol–water partition coefficient (Wildman–Crippen LogP) is 4.33. The third kappa shape index (κ3) is 4.41. The van der Waals surface area contributed by atoms with Crippen LogP contribution in [0.3, 0.4) is 0 Å². The molecule has 2 amide bonds. The van der Waals surface area contributed by atoms with Gasteiger partial charge in [-0.3, -0.25) is 14.6 Å². The molecule has 5 nitrogen and oxygen atoms in total. The third-order valence-corrected chi connectivity index (χ3v) is 5.42. The third-order valence-electron chi connectivity index (χ3n) is 5.42. The molecule has 1 fully saturated rings. The number of para-hydroxylation sites is 1. The molecule has 2 aromatic rings. The number of aromatic nitrogens is 1. The van der Waals surface area contributed by atoms with Gasteiger partial charge in [-0.25, -0.2) is 0 Å². The number of rotatable bonds is 5.